The number of amides is 4. The van der Waals surface area contributed by atoms with Gasteiger partial charge in [0.25, 0.3) is 0 Å². The number of carbonyl (C=O) groups is 5. The molecule has 15 nitrogen and oxygen atoms in total. The number of rotatable bonds is 17. The third kappa shape index (κ3) is 12.8. The highest BCUT2D eigenvalue weighted by Crippen LogP contribution is 2.12. The van der Waals surface area contributed by atoms with Crippen LogP contribution in [0, 0.1) is 0 Å². The largest absolute Gasteiger partial charge is 0.508 e. The Balaban J connectivity index is 2.92. The molecular weight excluding hydrogens is 532 g/mol. The molecule has 1 rings (SSSR count). The first kappa shape index (κ1) is 33.0. The molecule has 4 atom stereocenters. The van der Waals surface area contributed by atoms with Crippen LogP contribution in [0.15, 0.2) is 29.3 Å². The van der Waals surface area contributed by atoms with E-state index in [0.29, 0.717) is 5.56 Å². The maximum atomic E-state index is 13.0. The standard InChI is InChI=1S/C23H36N8O7S/c24-14(7-8-18(25)33)19(34)29-15(2-1-9-28-23(26)27)20(35)31-17(11-39)21(36)30-16(22(37)38)10-12-3-5-13(32)6-4-12/h3-6,14-17,32,39H,1-2,7-11,24H2,(H2,25,33)(H,29,34)(H,30,36)(H,31,35)(H,37,38)(H4,26,27,28). The molecule has 0 aliphatic rings. The summed E-state index contributed by atoms with van der Waals surface area (Å²) in [6, 6.07) is 0.933. The third-order valence-corrected chi connectivity index (χ3v) is 5.79. The number of carboxylic acids is 1. The van der Waals surface area contributed by atoms with Crippen LogP contribution in [0.2, 0.25) is 0 Å². The minimum absolute atomic E-state index is 0.00119. The van der Waals surface area contributed by atoms with E-state index in [9.17, 15) is 34.2 Å². The van der Waals surface area contributed by atoms with Gasteiger partial charge in [0.1, 0.15) is 23.9 Å². The summed E-state index contributed by atoms with van der Waals surface area (Å²) in [5.41, 5.74) is 22.0. The smallest absolute Gasteiger partial charge is 0.326 e. The lowest BCUT2D eigenvalue weighted by atomic mass is 10.1. The zero-order chi connectivity index (χ0) is 29.5. The van der Waals surface area contributed by atoms with Crippen LogP contribution in [-0.2, 0) is 30.4 Å². The van der Waals surface area contributed by atoms with Gasteiger partial charge in [-0.3, -0.25) is 24.2 Å². The van der Waals surface area contributed by atoms with Crippen LogP contribution in [0.5, 0.6) is 5.75 Å². The predicted octanol–water partition coefficient (Wildman–Crippen LogP) is -2.95. The number of hydrogen-bond donors (Lipinski definition) is 10. The van der Waals surface area contributed by atoms with Crippen LogP contribution < -0.4 is 38.9 Å². The number of carbonyl (C=O) groups excluding carboxylic acids is 4. The molecular formula is C23H36N8O7S. The molecule has 0 fully saturated rings. The van der Waals surface area contributed by atoms with Gasteiger partial charge in [-0.15, -0.1) is 0 Å². The highest BCUT2D eigenvalue weighted by Gasteiger charge is 2.29. The Bertz CT molecular complexity index is 1030. The minimum atomic E-state index is -1.33. The summed E-state index contributed by atoms with van der Waals surface area (Å²) >= 11 is 4.09. The number of thiol groups is 1. The summed E-state index contributed by atoms with van der Waals surface area (Å²) in [5, 5.41) is 26.3. The monoisotopic (exact) mass is 568 g/mol. The van der Waals surface area contributed by atoms with Crippen molar-refractivity contribution in [3.63, 3.8) is 0 Å². The molecule has 0 aliphatic carbocycles. The first-order valence-corrected chi connectivity index (χ1v) is 12.6. The highest BCUT2D eigenvalue weighted by atomic mass is 32.1. The first-order chi connectivity index (χ1) is 18.3. The molecule has 4 unspecified atom stereocenters. The van der Waals surface area contributed by atoms with Crippen molar-refractivity contribution in [2.75, 3.05) is 12.3 Å². The van der Waals surface area contributed by atoms with Gasteiger partial charge in [0.15, 0.2) is 5.96 Å². The number of phenolic OH excluding ortho intramolecular Hbond substituents is 1. The predicted molar refractivity (Wildman–Crippen MR) is 145 cm³/mol. The molecule has 4 amide bonds. The highest BCUT2D eigenvalue weighted by molar-refractivity contribution is 7.80. The molecule has 13 N–H and O–H groups in total. The topological polar surface area (TPSA) is 278 Å². The van der Waals surface area contributed by atoms with Crippen LogP contribution in [0.1, 0.15) is 31.2 Å². The van der Waals surface area contributed by atoms with Gasteiger partial charge in [-0.25, -0.2) is 4.79 Å². The minimum Gasteiger partial charge on any atom is -0.508 e. The molecule has 0 heterocycles. The van der Waals surface area contributed by atoms with E-state index in [2.05, 4.69) is 33.6 Å². The van der Waals surface area contributed by atoms with Crippen LogP contribution in [0.25, 0.3) is 0 Å². The molecule has 0 aromatic heterocycles. The number of aromatic hydroxyl groups is 1. The molecule has 0 spiro atoms. The lowest BCUT2D eigenvalue weighted by Crippen LogP contribution is -2.57. The number of aliphatic carboxylic acids is 1. The molecule has 39 heavy (non-hydrogen) atoms. The number of guanidine groups is 1. The summed E-state index contributed by atoms with van der Waals surface area (Å²) < 4.78 is 0. The Labute approximate surface area is 230 Å². The van der Waals surface area contributed by atoms with Gasteiger partial charge < -0.3 is 49.1 Å². The molecule has 0 saturated carbocycles. The normalized spacial score (nSPS) is 13.7. The lowest BCUT2D eigenvalue weighted by Gasteiger charge is -2.24. The molecule has 0 aliphatic heterocycles. The van der Waals surface area contributed by atoms with Crippen molar-refractivity contribution in [1.82, 2.24) is 16.0 Å². The molecule has 0 radical (unpaired) electrons. The maximum absolute atomic E-state index is 13.0. The van der Waals surface area contributed by atoms with Gasteiger partial charge in [-0.2, -0.15) is 12.6 Å². The lowest BCUT2D eigenvalue weighted by molar-refractivity contribution is -0.142. The SMILES string of the molecule is NC(=O)CCC(N)C(=O)NC(CCCN=C(N)N)C(=O)NC(CS)C(=O)NC(Cc1ccc(O)cc1)C(=O)O. The summed E-state index contributed by atoms with van der Waals surface area (Å²) in [6.07, 6.45) is 0.0887. The average molecular weight is 569 g/mol. The fourth-order valence-corrected chi connectivity index (χ4v) is 3.54. The van der Waals surface area contributed by atoms with Gasteiger partial charge >= 0.3 is 5.97 Å². The molecule has 16 heteroatoms. The number of nitrogens with zero attached hydrogens (tertiary/aromatic N) is 1. The molecule has 0 bridgehead atoms. The van der Waals surface area contributed by atoms with Crippen LogP contribution in [-0.4, -0.2) is 82.2 Å². The number of carboxylic acid groups (broad SMARTS) is 1. The molecule has 1 aromatic rings. The van der Waals surface area contributed by atoms with Gasteiger partial charge in [0.2, 0.25) is 23.6 Å². The van der Waals surface area contributed by atoms with Gasteiger partial charge in [0.05, 0.1) is 6.04 Å². The number of phenols is 1. The Kier molecular flexibility index (Phi) is 14.1. The van der Waals surface area contributed by atoms with Gasteiger partial charge in [-0.1, -0.05) is 12.1 Å². The number of aliphatic imine (C=N–C) groups is 1. The van der Waals surface area contributed by atoms with E-state index in [1.807, 2.05) is 0 Å². The van der Waals surface area contributed by atoms with E-state index >= 15 is 0 Å². The summed E-state index contributed by atoms with van der Waals surface area (Å²) in [7, 11) is 0. The number of nitrogens with one attached hydrogen (secondary N) is 3. The number of benzene rings is 1. The van der Waals surface area contributed by atoms with Crippen molar-refractivity contribution < 1.29 is 34.2 Å². The number of hydrogen-bond acceptors (Lipinski definition) is 9. The van der Waals surface area contributed by atoms with Crippen LogP contribution in [0.3, 0.4) is 0 Å². The Morgan fingerprint density at radius 1 is 0.872 bits per heavy atom. The third-order valence-electron chi connectivity index (χ3n) is 5.42. The van der Waals surface area contributed by atoms with Crippen molar-refractivity contribution in [3.05, 3.63) is 29.8 Å². The van der Waals surface area contributed by atoms with Crippen molar-refractivity contribution in [1.29, 1.82) is 0 Å². The van der Waals surface area contributed by atoms with E-state index in [-0.39, 0.29) is 56.1 Å². The van der Waals surface area contributed by atoms with Gasteiger partial charge in [-0.05, 0) is 37.0 Å². The molecule has 0 saturated heterocycles. The first-order valence-electron chi connectivity index (χ1n) is 12.0. The van der Waals surface area contributed by atoms with E-state index in [1.165, 1.54) is 24.3 Å². The van der Waals surface area contributed by atoms with E-state index in [0.717, 1.165) is 0 Å². The fraction of sp³-hybridized carbons (Fsp3) is 0.478. The number of primary amides is 1. The van der Waals surface area contributed by atoms with Crippen molar-refractivity contribution in [2.45, 2.75) is 56.3 Å². The second-order valence-electron chi connectivity index (χ2n) is 8.64. The Morgan fingerprint density at radius 3 is 1.97 bits per heavy atom. The zero-order valence-corrected chi connectivity index (χ0v) is 22.1. The van der Waals surface area contributed by atoms with Crippen molar-refractivity contribution in [2.24, 2.45) is 27.9 Å². The molecule has 216 valence electrons. The van der Waals surface area contributed by atoms with Crippen LogP contribution in [0.4, 0.5) is 0 Å². The Morgan fingerprint density at radius 2 is 1.44 bits per heavy atom. The Hall–Kier alpha value is -4.05. The summed E-state index contributed by atoms with van der Waals surface area (Å²) in [4.78, 5) is 64.9. The van der Waals surface area contributed by atoms with Crippen molar-refractivity contribution >= 4 is 48.2 Å². The average Bonchev–Trinajstić information content (AvgIpc) is 2.87. The second-order valence-corrected chi connectivity index (χ2v) is 9.00. The van der Waals surface area contributed by atoms with Gasteiger partial charge in [0, 0.05) is 25.1 Å². The number of nitrogens with two attached hydrogens (primary N) is 4. The van der Waals surface area contributed by atoms with E-state index in [1.54, 1.807) is 0 Å². The quantitative estimate of drug-likeness (QED) is 0.0394. The second kappa shape index (κ2) is 16.7. The maximum Gasteiger partial charge on any atom is 0.326 e. The van der Waals surface area contributed by atoms with E-state index in [4.69, 9.17) is 22.9 Å². The fourth-order valence-electron chi connectivity index (χ4n) is 3.29. The molecule has 1 aromatic carbocycles. The van der Waals surface area contributed by atoms with Crippen molar-refractivity contribution in [3.8, 4) is 5.75 Å². The van der Waals surface area contributed by atoms with E-state index < -0.39 is 53.8 Å². The zero-order valence-electron chi connectivity index (χ0n) is 21.2. The van der Waals surface area contributed by atoms with Crippen LogP contribution >= 0.6 is 12.6 Å². The summed E-state index contributed by atoms with van der Waals surface area (Å²) in [6.45, 7) is 0.156. The summed E-state index contributed by atoms with van der Waals surface area (Å²) in [5.74, 6) is -4.57.